The third-order valence-corrected chi connectivity index (χ3v) is 7.65. The summed E-state index contributed by atoms with van der Waals surface area (Å²) >= 11 is 0. The molecule has 1 saturated carbocycles. The minimum atomic E-state index is -3.70. The Labute approximate surface area is 172 Å². The van der Waals surface area contributed by atoms with E-state index >= 15 is 0 Å². The molecular formula is C21H30N2O5S. The largest absolute Gasteiger partial charge is 0.465 e. The van der Waals surface area contributed by atoms with Crippen molar-refractivity contribution in [3.63, 3.8) is 0 Å². The van der Waals surface area contributed by atoms with Gasteiger partial charge in [-0.1, -0.05) is 19.3 Å². The molecule has 0 radical (unpaired) electrons. The predicted molar refractivity (Wildman–Crippen MR) is 109 cm³/mol. The van der Waals surface area contributed by atoms with Crippen molar-refractivity contribution in [1.29, 1.82) is 0 Å². The van der Waals surface area contributed by atoms with Crippen LogP contribution in [0.5, 0.6) is 0 Å². The Morgan fingerprint density at radius 2 is 1.72 bits per heavy atom. The molecule has 1 aliphatic carbocycles. The number of carbonyl (C=O) groups is 2. The van der Waals surface area contributed by atoms with Crippen LogP contribution < -0.4 is 4.72 Å². The summed E-state index contributed by atoms with van der Waals surface area (Å²) in [5.41, 5.74) is 0.809. The number of aryl methyl sites for hydroxylation is 1. The van der Waals surface area contributed by atoms with Crippen LogP contribution in [0, 0.1) is 12.8 Å². The lowest BCUT2D eigenvalue weighted by Crippen LogP contribution is -2.48. The number of hydrogen-bond donors (Lipinski definition) is 1. The van der Waals surface area contributed by atoms with E-state index in [1.807, 2.05) is 4.90 Å². The van der Waals surface area contributed by atoms with Crippen molar-refractivity contribution >= 4 is 21.9 Å². The van der Waals surface area contributed by atoms with Gasteiger partial charge in [0, 0.05) is 25.0 Å². The van der Waals surface area contributed by atoms with Gasteiger partial charge in [0.25, 0.3) is 0 Å². The smallest absolute Gasteiger partial charge is 0.337 e. The summed E-state index contributed by atoms with van der Waals surface area (Å²) in [5, 5.41) is 0. The van der Waals surface area contributed by atoms with E-state index in [1.165, 1.54) is 31.7 Å². The maximum Gasteiger partial charge on any atom is 0.337 e. The average molecular weight is 423 g/mol. The second kappa shape index (κ2) is 9.26. The van der Waals surface area contributed by atoms with Crippen molar-refractivity contribution in [2.45, 2.75) is 62.8 Å². The summed E-state index contributed by atoms with van der Waals surface area (Å²) in [6.45, 7) is 2.83. The summed E-state index contributed by atoms with van der Waals surface area (Å²) in [6, 6.07) is 4.21. The monoisotopic (exact) mass is 422 g/mol. The molecule has 1 amide bonds. The quantitative estimate of drug-likeness (QED) is 0.737. The standard InChI is InChI=1S/C21H30N2O5S/c1-15-14-17(21(25)28-2)8-9-19(15)29(26,27)22-18-10-12-23(13-11-18)20(24)16-6-4-3-5-7-16/h8-9,14,16,18,22H,3-7,10-13H2,1-2H3. The van der Waals surface area contributed by atoms with Gasteiger partial charge in [-0.3, -0.25) is 4.79 Å². The summed E-state index contributed by atoms with van der Waals surface area (Å²) in [4.78, 5) is 26.4. The normalized spacial score (nSPS) is 19.2. The molecule has 29 heavy (non-hydrogen) atoms. The molecule has 3 rings (SSSR count). The highest BCUT2D eigenvalue weighted by atomic mass is 32.2. The first-order valence-corrected chi connectivity index (χ1v) is 11.8. The number of rotatable bonds is 5. The van der Waals surface area contributed by atoms with Crippen molar-refractivity contribution in [2.24, 2.45) is 5.92 Å². The van der Waals surface area contributed by atoms with E-state index in [4.69, 9.17) is 0 Å². The van der Waals surface area contributed by atoms with Gasteiger partial charge >= 0.3 is 5.97 Å². The maximum absolute atomic E-state index is 12.8. The van der Waals surface area contributed by atoms with Crippen molar-refractivity contribution in [3.8, 4) is 0 Å². The lowest BCUT2D eigenvalue weighted by Gasteiger charge is -2.35. The fraction of sp³-hybridized carbons (Fsp3) is 0.619. The molecule has 0 atom stereocenters. The van der Waals surface area contributed by atoms with E-state index < -0.39 is 16.0 Å². The molecule has 8 heteroatoms. The maximum atomic E-state index is 12.8. The zero-order valence-electron chi connectivity index (χ0n) is 17.1. The molecule has 2 aliphatic rings. The average Bonchev–Trinajstić information content (AvgIpc) is 2.73. The van der Waals surface area contributed by atoms with Gasteiger partial charge in [0.1, 0.15) is 0 Å². The van der Waals surface area contributed by atoms with E-state index in [2.05, 4.69) is 9.46 Å². The Balaban J connectivity index is 1.59. The molecule has 1 aliphatic heterocycles. The molecule has 0 unspecified atom stereocenters. The van der Waals surface area contributed by atoms with Gasteiger partial charge in [0.05, 0.1) is 17.6 Å². The van der Waals surface area contributed by atoms with Crippen LogP contribution in [0.1, 0.15) is 60.9 Å². The summed E-state index contributed by atoms with van der Waals surface area (Å²) in [7, 11) is -2.42. The van der Waals surface area contributed by atoms with E-state index in [0.29, 0.717) is 37.1 Å². The van der Waals surface area contributed by atoms with Gasteiger partial charge in [-0.15, -0.1) is 0 Å². The second-order valence-corrected chi connectivity index (χ2v) is 9.71. The number of carbonyl (C=O) groups excluding carboxylic acids is 2. The summed E-state index contributed by atoms with van der Waals surface area (Å²) in [5.74, 6) is -0.117. The number of amides is 1. The third-order valence-electron chi connectivity index (χ3n) is 5.97. The minimum Gasteiger partial charge on any atom is -0.465 e. The molecule has 0 bridgehead atoms. The van der Waals surface area contributed by atoms with E-state index in [1.54, 1.807) is 6.92 Å². The third kappa shape index (κ3) is 5.17. The number of methoxy groups -OCH3 is 1. The van der Waals surface area contributed by atoms with E-state index in [-0.39, 0.29) is 22.8 Å². The lowest BCUT2D eigenvalue weighted by molar-refractivity contribution is -0.137. The van der Waals surface area contributed by atoms with E-state index in [0.717, 1.165) is 25.7 Å². The van der Waals surface area contributed by atoms with Crippen LogP contribution in [-0.4, -0.2) is 51.4 Å². The zero-order valence-corrected chi connectivity index (χ0v) is 18.0. The highest BCUT2D eigenvalue weighted by Gasteiger charge is 2.31. The van der Waals surface area contributed by atoms with Crippen LogP contribution in [0.2, 0.25) is 0 Å². The SMILES string of the molecule is COC(=O)c1ccc(S(=O)(=O)NC2CCN(C(=O)C3CCCCC3)CC2)c(C)c1. The highest BCUT2D eigenvalue weighted by molar-refractivity contribution is 7.89. The fourth-order valence-corrected chi connectivity index (χ4v) is 5.84. The van der Waals surface area contributed by atoms with Gasteiger partial charge in [0.2, 0.25) is 15.9 Å². The van der Waals surface area contributed by atoms with Crippen LogP contribution in [0.15, 0.2) is 23.1 Å². The lowest BCUT2D eigenvalue weighted by atomic mass is 9.87. The number of sulfonamides is 1. The number of likely N-dealkylation sites (tertiary alicyclic amines) is 1. The van der Waals surface area contributed by atoms with Crippen LogP contribution >= 0.6 is 0 Å². The summed E-state index contributed by atoms with van der Waals surface area (Å²) in [6.07, 6.45) is 6.64. The number of hydrogen-bond acceptors (Lipinski definition) is 5. The Morgan fingerprint density at radius 1 is 1.07 bits per heavy atom. The Bertz CT molecular complexity index is 854. The molecular weight excluding hydrogens is 392 g/mol. The molecule has 0 spiro atoms. The van der Waals surface area contributed by atoms with E-state index in [9.17, 15) is 18.0 Å². The minimum absolute atomic E-state index is 0.146. The molecule has 1 aromatic rings. The molecule has 1 N–H and O–H groups in total. The first-order chi connectivity index (χ1) is 13.8. The molecule has 160 valence electrons. The second-order valence-electron chi connectivity index (χ2n) is 8.03. The van der Waals surface area contributed by atoms with Gasteiger partial charge in [-0.2, -0.15) is 0 Å². The first kappa shape index (κ1) is 21.8. The number of nitrogens with zero attached hydrogens (tertiary/aromatic N) is 1. The molecule has 0 aromatic heterocycles. The van der Waals surface area contributed by atoms with Crippen molar-refractivity contribution in [2.75, 3.05) is 20.2 Å². The predicted octanol–water partition coefficient (Wildman–Crippen LogP) is 2.63. The first-order valence-electron chi connectivity index (χ1n) is 10.3. The van der Waals surface area contributed by atoms with Crippen molar-refractivity contribution in [3.05, 3.63) is 29.3 Å². The highest BCUT2D eigenvalue weighted by Crippen LogP contribution is 2.27. The molecule has 2 fully saturated rings. The van der Waals surface area contributed by atoms with Gasteiger partial charge < -0.3 is 9.64 Å². The number of benzene rings is 1. The molecule has 1 aromatic carbocycles. The van der Waals surface area contributed by atoms with Gasteiger partial charge in [-0.05, 0) is 56.4 Å². The van der Waals surface area contributed by atoms with Crippen LogP contribution in [-0.2, 0) is 19.6 Å². The van der Waals surface area contributed by atoms with Crippen LogP contribution in [0.3, 0.4) is 0 Å². The fourth-order valence-electron chi connectivity index (χ4n) is 4.30. The summed E-state index contributed by atoms with van der Waals surface area (Å²) < 4.78 is 33.1. The Kier molecular flexibility index (Phi) is 6.95. The molecule has 1 heterocycles. The molecule has 7 nitrogen and oxygen atoms in total. The zero-order chi connectivity index (χ0) is 21.0. The Morgan fingerprint density at radius 3 is 2.31 bits per heavy atom. The number of ether oxygens (including phenoxy) is 1. The van der Waals surface area contributed by atoms with Gasteiger partial charge in [-0.25, -0.2) is 17.9 Å². The van der Waals surface area contributed by atoms with Crippen LogP contribution in [0.4, 0.5) is 0 Å². The number of esters is 1. The Hall–Kier alpha value is -1.93. The molecule has 1 saturated heterocycles. The number of piperidine rings is 1. The van der Waals surface area contributed by atoms with Crippen molar-refractivity contribution < 1.29 is 22.7 Å². The van der Waals surface area contributed by atoms with Crippen molar-refractivity contribution in [1.82, 2.24) is 9.62 Å². The number of nitrogens with one attached hydrogen (secondary N) is 1. The van der Waals surface area contributed by atoms with Crippen LogP contribution in [0.25, 0.3) is 0 Å². The topological polar surface area (TPSA) is 92.8 Å². The van der Waals surface area contributed by atoms with Gasteiger partial charge in [0.15, 0.2) is 0 Å².